The molecule has 4 nitrogen and oxygen atoms in total. The standard InChI is InChI=1S/C15H26BrNO3/c1-3-4-5-11-6-8-12(9-7-11)14(18)17-10-13(16)15(19)20-2/h11-13H,3-10H2,1-2H3,(H,17,18). The van der Waals surface area contributed by atoms with Gasteiger partial charge in [0.1, 0.15) is 4.83 Å². The zero-order valence-electron chi connectivity index (χ0n) is 12.5. The summed E-state index contributed by atoms with van der Waals surface area (Å²) in [5, 5.41) is 2.84. The number of methoxy groups -OCH3 is 1. The van der Waals surface area contributed by atoms with Crippen LogP contribution >= 0.6 is 15.9 Å². The van der Waals surface area contributed by atoms with Gasteiger partial charge in [0.2, 0.25) is 5.91 Å². The zero-order chi connectivity index (χ0) is 15.0. The van der Waals surface area contributed by atoms with E-state index >= 15 is 0 Å². The molecule has 0 aromatic rings. The van der Waals surface area contributed by atoms with Crippen molar-refractivity contribution < 1.29 is 14.3 Å². The summed E-state index contributed by atoms with van der Waals surface area (Å²) < 4.78 is 4.60. The van der Waals surface area contributed by atoms with E-state index in [-0.39, 0.29) is 17.8 Å². The average molecular weight is 348 g/mol. The first-order valence-electron chi connectivity index (χ1n) is 7.58. The minimum atomic E-state index is -0.461. The summed E-state index contributed by atoms with van der Waals surface area (Å²) in [5.41, 5.74) is 0. The smallest absolute Gasteiger partial charge is 0.321 e. The SMILES string of the molecule is CCCCC1CCC(C(=O)NCC(Br)C(=O)OC)CC1. The van der Waals surface area contributed by atoms with Gasteiger partial charge in [-0.25, -0.2) is 0 Å². The van der Waals surface area contributed by atoms with E-state index in [1.807, 2.05) is 0 Å². The second-order valence-corrected chi connectivity index (χ2v) is 6.70. The molecule has 1 unspecified atom stereocenters. The lowest BCUT2D eigenvalue weighted by Gasteiger charge is -2.27. The Balaban J connectivity index is 2.24. The second kappa shape index (κ2) is 9.37. The zero-order valence-corrected chi connectivity index (χ0v) is 14.1. The van der Waals surface area contributed by atoms with Gasteiger partial charge >= 0.3 is 5.97 Å². The van der Waals surface area contributed by atoms with Gasteiger partial charge in [0.25, 0.3) is 0 Å². The summed E-state index contributed by atoms with van der Waals surface area (Å²) in [6, 6.07) is 0. The van der Waals surface area contributed by atoms with Crippen LogP contribution in [0.1, 0.15) is 51.9 Å². The third-order valence-corrected chi connectivity index (χ3v) is 4.79. The number of hydrogen-bond acceptors (Lipinski definition) is 3. The summed E-state index contributed by atoms with van der Waals surface area (Å²) in [4.78, 5) is 22.8. The molecule has 0 aliphatic heterocycles. The fraction of sp³-hybridized carbons (Fsp3) is 0.867. The third-order valence-electron chi connectivity index (χ3n) is 4.10. The van der Waals surface area contributed by atoms with Crippen molar-refractivity contribution in [1.82, 2.24) is 5.32 Å². The van der Waals surface area contributed by atoms with E-state index in [9.17, 15) is 9.59 Å². The molecule has 1 fully saturated rings. The van der Waals surface area contributed by atoms with E-state index in [1.165, 1.54) is 26.4 Å². The molecule has 0 spiro atoms. The van der Waals surface area contributed by atoms with Gasteiger partial charge in [0.15, 0.2) is 0 Å². The molecule has 1 saturated carbocycles. The predicted molar refractivity (Wildman–Crippen MR) is 82.7 cm³/mol. The second-order valence-electron chi connectivity index (χ2n) is 5.60. The van der Waals surface area contributed by atoms with Gasteiger partial charge in [0, 0.05) is 12.5 Å². The number of unbranched alkanes of at least 4 members (excludes halogenated alkanes) is 1. The van der Waals surface area contributed by atoms with E-state index in [0.29, 0.717) is 6.54 Å². The van der Waals surface area contributed by atoms with Crippen molar-refractivity contribution in [3.63, 3.8) is 0 Å². The Labute approximate surface area is 130 Å². The van der Waals surface area contributed by atoms with Gasteiger partial charge in [-0.3, -0.25) is 9.59 Å². The fourth-order valence-corrected chi connectivity index (χ4v) is 3.10. The van der Waals surface area contributed by atoms with Crippen molar-refractivity contribution in [3.8, 4) is 0 Å². The molecule has 1 aliphatic carbocycles. The van der Waals surface area contributed by atoms with Gasteiger partial charge in [-0.05, 0) is 31.6 Å². The van der Waals surface area contributed by atoms with Crippen LogP contribution in [0.3, 0.4) is 0 Å². The normalized spacial score (nSPS) is 23.9. The number of nitrogens with one attached hydrogen (secondary N) is 1. The van der Waals surface area contributed by atoms with E-state index in [1.54, 1.807) is 0 Å². The van der Waals surface area contributed by atoms with Crippen molar-refractivity contribution >= 4 is 27.8 Å². The van der Waals surface area contributed by atoms with Crippen molar-refractivity contribution in [1.29, 1.82) is 0 Å². The van der Waals surface area contributed by atoms with Crippen LogP contribution in [0, 0.1) is 11.8 Å². The maximum atomic E-state index is 12.1. The van der Waals surface area contributed by atoms with Gasteiger partial charge in [0.05, 0.1) is 7.11 Å². The van der Waals surface area contributed by atoms with Crippen molar-refractivity contribution in [2.75, 3.05) is 13.7 Å². The molecule has 0 aromatic carbocycles. The van der Waals surface area contributed by atoms with Crippen LogP contribution in [-0.4, -0.2) is 30.4 Å². The number of alkyl halides is 1. The van der Waals surface area contributed by atoms with E-state index in [2.05, 4.69) is 32.9 Å². The Morgan fingerprint density at radius 1 is 1.30 bits per heavy atom. The average Bonchev–Trinajstić information content (AvgIpc) is 2.49. The van der Waals surface area contributed by atoms with E-state index in [0.717, 1.165) is 31.6 Å². The molecule has 0 radical (unpaired) electrons. The van der Waals surface area contributed by atoms with Crippen LogP contribution in [0.5, 0.6) is 0 Å². The van der Waals surface area contributed by atoms with E-state index in [4.69, 9.17) is 0 Å². The first kappa shape index (κ1) is 17.5. The maximum absolute atomic E-state index is 12.1. The number of rotatable bonds is 7. The van der Waals surface area contributed by atoms with Gasteiger partial charge in [-0.2, -0.15) is 0 Å². The lowest BCUT2D eigenvalue weighted by atomic mass is 9.79. The molecule has 1 N–H and O–H groups in total. The number of amides is 1. The molecule has 1 amide bonds. The van der Waals surface area contributed by atoms with Crippen molar-refractivity contribution in [3.05, 3.63) is 0 Å². The minimum Gasteiger partial charge on any atom is -0.468 e. The number of ether oxygens (including phenoxy) is 1. The highest BCUT2D eigenvalue weighted by atomic mass is 79.9. The largest absolute Gasteiger partial charge is 0.468 e. The summed E-state index contributed by atoms with van der Waals surface area (Å²) in [5.74, 6) is 0.643. The van der Waals surface area contributed by atoms with Crippen LogP contribution in [-0.2, 0) is 14.3 Å². The Bertz CT molecular complexity index is 314. The molecule has 20 heavy (non-hydrogen) atoms. The van der Waals surface area contributed by atoms with Crippen LogP contribution in [0.25, 0.3) is 0 Å². The maximum Gasteiger partial charge on any atom is 0.321 e. The first-order chi connectivity index (χ1) is 9.58. The summed E-state index contributed by atoms with van der Waals surface area (Å²) in [7, 11) is 1.34. The van der Waals surface area contributed by atoms with Crippen molar-refractivity contribution in [2.24, 2.45) is 11.8 Å². The minimum absolute atomic E-state index is 0.0762. The van der Waals surface area contributed by atoms with Crippen LogP contribution in [0.4, 0.5) is 0 Å². The summed E-state index contributed by atoms with van der Waals surface area (Å²) >= 11 is 3.20. The van der Waals surface area contributed by atoms with Gasteiger partial charge in [-0.1, -0.05) is 42.1 Å². The lowest BCUT2D eigenvalue weighted by molar-refractivity contribution is -0.139. The molecule has 1 atom stereocenters. The van der Waals surface area contributed by atoms with Gasteiger partial charge < -0.3 is 10.1 Å². The molecule has 1 rings (SSSR count). The summed E-state index contributed by atoms with van der Waals surface area (Å²) in [6.45, 7) is 2.51. The Kier molecular flexibility index (Phi) is 8.19. The van der Waals surface area contributed by atoms with Crippen LogP contribution in [0.15, 0.2) is 0 Å². The lowest BCUT2D eigenvalue weighted by Crippen LogP contribution is -2.38. The number of halogens is 1. The highest BCUT2D eigenvalue weighted by molar-refractivity contribution is 9.10. The molecule has 0 bridgehead atoms. The van der Waals surface area contributed by atoms with Crippen LogP contribution < -0.4 is 5.32 Å². The molecular weight excluding hydrogens is 322 g/mol. The van der Waals surface area contributed by atoms with Crippen LogP contribution in [0.2, 0.25) is 0 Å². The monoisotopic (exact) mass is 347 g/mol. The molecule has 1 aliphatic rings. The summed E-state index contributed by atoms with van der Waals surface area (Å²) in [6.07, 6.45) is 8.12. The predicted octanol–water partition coefficient (Wildman–Crippen LogP) is 3.04. The Morgan fingerprint density at radius 2 is 1.95 bits per heavy atom. The highest BCUT2D eigenvalue weighted by Gasteiger charge is 2.26. The van der Waals surface area contributed by atoms with E-state index < -0.39 is 4.83 Å². The fourth-order valence-electron chi connectivity index (χ4n) is 2.75. The number of esters is 1. The first-order valence-corrected chi connectivity index (χ1v) is 8.49. The molecule has 0 aromatic heterocycles. The topological polar surface area (TPSA) is 55.4 Å². The van der Waals surface area contributed by atoms with Crippen molar-refractivity contribution in [2.45, 2.75) is 56.7 Å². The number of carbonyl (C=O) groups is 2. The Hall–Kier alpha value is -0.580. The molecule has 0 heterocycles. The molecule has 0 saturated heterocycles. The molecule has 5 heteroatoms. The Morgan fingerprint density at radius 3 is 2.50 bits per heavy atom. The quantitative estimate of drug-likeness (QED) is 0.568. The highest BCUT2D eigenvalue weighted by Crippen LogP contribution is 2.31. The number of hydrogen-bond donors (Lipinski definition) is 1. The third kappa shape index (κ3) is 5.81. The van der Waals surface area contributed by atoms with Gasteiger partial charge in [-0.15, -0.1) is 0 Å². The molecule has 116 valence electrons. The number of carbonyl (C=O) groups excluding carboxylic acids is 2. The molecular formula is C15H26BrNO3.